The van der Waals surface area contributed by atoms with Gasteiger partial charge in [-0.1, -0.05) is 34.1 Å². The molecule has 4 unspecified atom stereocenters. The van der Waals surface area contributed by atoms with Crippen molar-refractivity contribution < 1.29 is 9.47 Å². The first-order chi connectivity index (χ1) is 9.19. The number of hydrogen-bond acceptors (Lipinski definition) is 3. The number of likely N-dealkylation sites (N-methyl/N-ethyl adjacent to an activating group) is 1. The van der Waals surface area contributed by atoms with Crippen molar-refractivity contribution >= 4 is 0 Å². The van der Waals surface area contributed by atoms with Gasteiger partial charge in [0.05, 0.1) is 19.3 Å². The van der Waals surface area contributed by atoms with Crippen molar-refractivity contribution in [2.24, 2.45) is 11.8 Å². The van der Waals surface area contributed by atoms with E-state index in [2.05, 4.69) is 33.0 Å². The number of ether oxygens (including phenoxy) is 2. The average molecular weight is 271 g/mol. The van der Waals surface area contributed by atoms with Gasteiger partial charge in [-0.3, -0.25) is 0 Å². The SMILES string of the molecule is CCCCOCCOC1C(C)CC(C)CC1NCC. The molecule has 19 heavy (non-hydrogen) atoms. The molecule has 4 atom stereocenters. The van der Waals surface area contributed by atoms with Crippen LogP contribution in [0, 0.1) is 11.8 Å². The van der Waals surface area contributed by atoms with Crippen LogP contribution < -0.4 is 5.32 Å². The summed E-state index contributed by atoms with van der Waals surface area (Å²) in [6.45, 7) is 12.4. The van der Waals surface area contributed by atoms with E-state index in [1.54, 1.807) is 0 Å². The topological polar surface area (TPSA) is 30.5 Å². The monoisotopic (exact) mass is 271 g/mol. The van der Waals surface area contributed by atoms with Crippen LogP contribution >= 0.6 is 0 Å². The first-order valence-electron chi connectivity index (χ1n) is 8.11. The summed E-state index contributed by atoms with van der Waals surface area (Å²) in [5.74, 6) is 1.45. The van der Waals surface area contributed by atoms with Gasteiger partial charge in [-0.05, 0) is 37.6 Å². The normalized spacial score (nSPS) is 31.6. The minimum absolute atomic E-state index is 0.353. The molecule has 0 bridgehead atoms. The van der Waals surface area contributed by atoms with Gasteiger partial charge in [0.15, 0.2) is 0 Å². The highest BCUT2D eigenvalue weighted by molar-refractivity contribution is 4.88. The lowest BCUT2D eigenvalue weighted by Crippen LogP contribution is -2.49. The molecule has 0 spiro atoms. The largest absolute Gasteiger partial charge is 0.379 e. The van der Waals surface area contributed by atoms with Crippen molar-refractivity contribution in [2.45, 2.75) is 65.5 Å². The third-order valence-electron chi connectivity index (χ3n) is 4.03. The third kappa shape index (κ3) is 6.24. The Morgan fingerprint density at radius 1 is 1.05 bits per heavy atom. The summed E-state index contributed by atoms with van der Waals surface area (Å²) in [4.78, 5) is 0. The zero-order valence-corrected chi connectivity index (χ0v) is 13.3. The lowest BCUT2D eigenvalue weighted by Gasteiger charge is -2.39. The maximum Gasteiger partial charge on any atom is 0.0754 e. The highest BCUT2D eigenvalue weighted by Crippen LogP contribution is 2.31. The fraction of sp³-hybridized carbons (Fsp3) is 1.00. The molecule has 0 aliphatic heterocycles. The van der Waals surface area contributed by atoms with Crippen molar-refractivity contribution in [2.75, 3.05) is 26.4 Å². The van der Waals surface area contributed by atoms with Gasteiger partial charge in [0.2, 0.25) is 0 Å². The van der Waals surface area contributed by atoms with E-state index in [4.69, 9.17) is 9.47 Å². The Morgan fingerprint density at radius 3 is 2.53 bits per heavy atom. The summed E-state index contributed by atoms with van der Waals surface area (Å²) in [6, 6.07) is 0.513. The smallest absolute Gasteiger partial charge is 0.0754 e. The van der Waals surface area contributed by atoms with Crippen LogP contribution in [-0.2, 0) is 9.47 Å². The van der Waals surface area contributed by atoms with Crippen LogP contribution in [0.25, 0.3) is 0 Å². The summed E-state index contributed by atoms with van der Waals surface area (Å²) in [5.41, 5.74) is 0. The molecule has 3 heteroatoms. The Kier molecular flexibility index (Phi) is 8.67. The average Bonchev–Trinajstić information content (AvgIpc) is 2.36. The molecule has 0 aromatic carbocycles. The van der Waals surface area contributed by atoms with Crippen molar-refractivity contribution in [3.05, 3.63) is 0 Å². The van der Waals surface area contributed by atoms with Crippen molar-refractivity contribution in [1.29, 1.82) is 0 Å². The number of nitrogens with one attached hydrogen (secondary N) is 1. The maximum absolute atomic E-state index is 6.10. The number of hydrogen-bond donors (Lipinski definition) is 1. The Morgan fingerprint density at radius 2 is 1.84 bits per heavy atom. The zero-order chi connectivity index (χ0) is 14.1. The van der Waals surface area contributed by atoms with Crippen LogP contribution in [0.4, 0.5) is 0 Å². The Labute approximate surface area is 119 Å². The van der Waals surface area contributed by atoms with Crippen LogP contribution in [0.1, 0.15) is 53.4 Å². The summed E-state index contributed by atoms with van der Waals surface area (Å²) in [5, 5.41) is 3.59. The van der Waals surface area contributed by atoms with Crippen LogP contribution in [0.15, 0.2) is 0 Å². The summed E-state index contributed by atoms with van der Waals surface area (Å²) < 4.78 is 11.7. The van der Waals surface area contributed by atoms with E-state index in [-0.39, 0.29) is 0 Å². The van der Waals surface area contributed by atoms with Crippen molar-refractivity contribution in [3.63, 3.8) is 0 Å². The second kappa shape index (κ2) is 9.73. The molecular formula is C16H33NO2. The summed E-state index contributed by atoms with van der Waals surface area (Å²) in [7, 11) is 0. The molecule has 1 fully saturated rings. The van der Waals surface area contributed by atoms with Gasteiger partial charge in [0.1, 0.15) is 0 Å². The van der Waals surface area contributed by atoms with Crippen molar-refractivity contribution in [1.82, 2.24) is 5.32 Å². The van der Waals surface area contributed by atoms with Crippen LogP contribution in [0.2, 0.25) is 0 Å². The van der Waals surface area contributed by atoms with E-state index in [1.165, 1.54) is 19.3 Å². The van der Waals surface area contributed by atoms with E-state index < -0.39 is 0 Å². The van der Waals surface area contributed by atoms with E-state index in [0.29, 0.717) is 18.1 Å². The molecule has 1 aliphatic carbocycles. The predicted octanol–water partition coefficient (Wildman–Crippen LogP) is 3.23. The Balaban J connectivity index is 2.27. The molecule has 114 valence electrons. The van der Waals surface area contributed by atoms with Crippen LogP contribution in [0.5, 0.6) is 0 Å². The van der Waals surface area contributed by atoms with E-state index in [0.717, 1.165) is 38.7 Å². The molecule has 0 aromatic heterocycles. The van der Waals surface area contributed by atoms with Crippen molar-refractivity contribution in [3.8, 4) is 0 Å². The van der Waals surface area contributed by atoms with Gasteiger partial charge in [-0.2, -0.15) is 0 Å². The van der Waals surface area contributed by atoms with Crippen LogP contribution in [0.3, 0.4) is 0 Å². The number of rotatable bonds is 9. The summed E-state index contributed by atoms with van der Waals surface area (Å²) >= 11 is 0. The fourth-order valence-corrected chi connectivity index (χ4v) is 3.16. The van der Waals surface area contributed by atoms with E-state index in [9.17, 15) is 0 Å². The zero-order valence-electron chi connectivity index (χ0n) is 13.3. The quantitative estimate of drug-likeness (QED) is 0.653. The lowest BCUT2D eigenvalue weighted by atomic mass is 9.78. The maximum atomic E-state index is 6.10. The molecule has 0 heterocycles. The van der Waals surface area contributed by atoms with Gasteiger partial charge in [0.25, 0.3) is 0 Å². The molecule has 0 aromatic rings. The van der Waals surface area contributed by atoms with E-state index in [1.807, 2.05) is 0 Å². The standard InChI is InChI=1S/C16H33NO2/c1-5-7-8-18-9-10-19-16-14(4)11-13(3)12-15(16)17-6-2/h13-17H,5-12H2,1-4H3. The second-order valence-electron chi connectivity index (χ2n) is 6.02. The van der Waals surface area contributed by atoms with E-state index >= 15 is 0 Å². The highest BCUT2D eigenvalue weighted by atomic mass is 16.5. The molecule has 1 saturated carbocycles. The van der Waals surface area contributed by atoms with Gasteiger partial charge < -0.3 is 14.8 Å². The second-order valence-corrected chi connectivity index (χ2v) is 6.02. The Hall–Kier alpha value is -0.120. The molecule has 1 rings (SSSR count). The molecule has 0 saturated heterocycles. The predicted molar refractivity (Wildman–Crippen MR) is 80.5 cm³/mol. The molecule has 3 nitrogen and oxygen atoms in total. The van der Waals surface area contributed by atoms with Crippen LogP contribution in [-0.4, -0.2) is 38.5 Å². The molecule has 1 N–H and O–H groups in total. The molecule has 0 amide bonds. The van der Waals surface area contributed by atoms with Gasteiger partial charge in [0, 0.05) is 12.6 Å². The minimum Gasteiger partial charge on any atom is -0.379 e. The summed E-state index contributed by atoms with van der Waals surface area (Å²) in [6.07, 6.45) is 5.21. The fourth-order valence-electron chi connectivity index (χ4n) is 3.16. The minimum atomic E-state index is 0.353. The lowest BCUT2D eigenvalue weighted by molar-refractivity contribution is -0.0576. The molecule has 0 radical (unpaired) electrons. The molecular weight excluding hydrogens is 238 g/mol. The van der Waals surface area contributed by atoms with Gasteiger partial charge in [-0.25, -0.2) is 0 Å². The van der Waals surface area contributed by atoms with Gasteiger partial charge >= 0.3 is 0 Å². The third-order valence-corrected chi connectivity index (χ3v) is 4.03. The molecule has 1 aliphatic rings. The first-order valence-corrected chi connectivity index (χ1v) is 8.11. The number of unbranched alkanes of at least 4 members (excludes halogenated alkanes) is 1. The highest BCUT2D eigenvalue weighted by Gasteiger charge is 2.33. The Bertz CT molecular complexity index is 223. The first kappa shape index (κ1) is 16.9. The van der Waals surface area contributed by atoms with Gasteiger partial charge in [-0.15, -0.1) is 0 Å².